The first kappa shape index (κ1) is 9.98. The topological polar surface area (TPSA) is 45.2 Å². The molecule has 4 nitrogen and oxygen atoms in total. The molecular formula is C8H13N3OS. The van der Waals surface area contributed by atoms with Gasteiger partial charge in [-0.1, -0.05) is 0 Å². The summed E-state index contributed by atoms with van der Waals surface area (Å²) in [5, 5.41) is 3.61. The van der Waals surface area contributed by atoms with Gasteiger partial charge in [0.05, 0.1) is 0 Å². The monoisotopic (exact) mass is 199 g/mol. The molecule has 2 amide bonds. The lowest BCUT2D eigenvalue weighted by Crippen LogP contribution is -2.30. The van der Waals surface area contributed by atoms with Gasteiger partial charge in [0, 0.05) is 25.4 Å². The van der Waals surface area contributed by atoms with Gasteiger partial charge in [-0.3, -0.25) is 5.32 Å². The molecule has 0 bridgehead atoms. The number of aromatic nitrogens is 1. The number of aryl methyl sites for hydroxylation is 1. The highest BCUT2D eigenvalue weighted by molar-refractivity contribution is 7.10. The molecule has 0 aliphatic heterocycles. The predicted molar refractivity (Wildman–Crippen MR) is 54.2 cm³/mol. The Morgan fingerprint density at radius 2 is 2.46 bits per heavy atom. The second-order valence-electron chi connectivity index (χ2n) is 2.78. The Morgan fingerprint density at radius 3 is 2.92 bits per heavy atom. The summed E-state index contributed by atoms with van der Waals surface area (Å²) < 4.78 is 3.97. The second-order valence-corrected chi connectivity index (χ2v) is 3.58. The van der Waals surface area contributed by atoms with Crippen LogP contribution in [0.25, 0.3) is 0 Å². The van der Waals surface area contributed by atoms with Crippen LogP contribution >= 0.6 is 11.5 Å². The van der Waals surface area contributed by atoms with Gasteiger partial charge < -0.3 is 4.90 Å². The highest BCUT2D eigenvalue weighted by Crippen LogP contribution is 2.18. The van der Waals surface area contributed by atoms with Gasteiger partial charge in [-0.25, -0.2) is 4.79 Å². The summed E-state index contributed by atoms with van der Waals surface area (Å²) in [7, 11) is 1.76. The van der Waals surface area contributed by atoms with E-state index in [0.29, 0.717) is 6.54 Å². The predicted octanol–water partition coefficient (Wildman–Crippen LogP) is 1.94. The number of hydrogen-bond acceptors (Lipinski definition) is 3. The summed E-state index contributed by atoms with van der Waals surface area (Å²) in [6, 6.07) is -0.0881. The highest BCUT2D eigenvalue weighted by atomic mass is 32.1. The van der Waals surface area contributed by atoms with Crippen LogP contribution in [-0.2, 0) is 0 Å². The van der Waals surface area contributed by atoms with Crippen LogP contribution in [0.1, 0.15) is 12.5 Å². The van der Waals surface area contributed by atoms with E-state index in [9.17, 15) is 4.79 Å². The molecule has 0 aliphatic rings. The lowest BCUT2D eigenvalue weighted by molar-refractivity contribution is 0.225. The molecule has 0 radical (unpaired) electrons. The van der Waals surface area contributed by atoms with E-state index in [-0.39, 0.29) is 6.03 Å². The summed E-state index contributed by atoms with van der Waals surface area (Å²) in [6.07, 6.45) is 1.74. The molecule has 1 aromatic rings. The van der Waals surface area contributed by atoms with E-state index in [2.05, 4.69) is 9.69 Å². The summed E-state index contributed by atoms with van der Waals surface area (Å²) in [6.45, 7) is 4.55. The zero-order valence-corrected chi connectivity index (χ0v) is 8.81. The van der Waals surface area contributed by atoms with Gasteiger partial charge >= 0.3 is 6.03 Å². The van der Waals surface area contributed by atoms with Crippen molar-refractivity contribution in [3.63, 3.8) is 0 Å². The molecule has 0 atom stereocenters. The van der Waals surface area contributed by atoms with E-state index in [0.717, 1.165) is 10.6 Å². The fourth-order valence-electron chi connectivity index (χ4n) is 0.746. The number of nitrogens with one attached hydrogen (secondary N) is 1. The van der Waals surface area contributed by atoms with E-state index >= 15 is 0 Å². The van der Waals surface area contributed by atoms with Gasteiger partial charge in [0.25, 0.3) is 0 Å². The van der Waals surface area contributed by atoms with Crippen LogP contribution in [0.3, 0.4) is 0 Å². The van der Waals surface area contributed by atoms with Crippen molar-refractivity contribution in [3.8, 4) is 0 Å². The third-order valence-electron chi connectivity index (χ3n) is 1.79. The van der Waals surface area contributed by atoms with Crippen molar-refractivity contribution in [2.45, 2.75) is 13.8 Å². The van der Waals surface area contributed by atoms with Crippen LogP contribution in [0.15, 0.2) is 6.20 Å². The summed E-state index contributed by atoms with van der Waals surface area (Å²) in [5.74, 6) is 0. The van der Waals surface area contributed by atoms with E-state index < -0.39 is 0 Å². The zero-order chi connectivity index (χ0) is 9.84. The lowest BCUT2D eigenvalue weighted by Gasteiger charge is -2.14. The maximum absolute atomic E-state index is 11.4. The molecule has 5 heteroatoms. The number of carbonyl (C=O) groups excluding carboxylic acids is 1. The Kier molecular flexibility index (Phi) is 3.25. The number of nitrogens with zero attached hydrogens (tertiary/aromatic N) is 2. The van der Waals surface area contributed by atoms with Crippen molar-refractivity contribution in [3.05, 3.63) is 11.8 Å². The molecule has 1 rings (SSSR count). The SMILES string of the molecule is CCN(C)C(=O)Nc1sncc1C. The largest absolute Gasteiger partial charge is 0.328 e. The Morgan fingerprint density at radius 1 is 1.77 bits per heavy atom. The number of hydrogen-bond donors (Lipinski definition) is 1. The number of urea groups is 1. The molecule has 0 spiro atoms. The fourth-order valence-corrected chi connectivity index (χ4v) is 1.39. The first-order chi connectivity index (χ1) is 6.15. The summed E-state index contributed by atoms with van der Waals surface area (Å²) >= 11 is 1.30. The molecule has 0 unspecified atom stereocenters. The van der Waals surface area contributed by atoms with Crippen molar-refractivity contribution in [1.29, 1.82) is 0 Å². The first-order valence-electron chi connectivity index (χ1n) is 4.08. The Balaban J connectivity index is 2.60. The summed E-state index contributed by atoms with van der Waals surface area (Å²) in [5.41, 5.74) is 1.00. The lowest BCUT2D eigenvalue weighted by atomic mass is 10.4. The molecule has 0 saturated carbocycles. The fraction of sp³-hybridized carbons (Fsp3) is 0.500. The molecule has 13 heavy (non-hydrogen) atoms. The van der Waals surface area contributed by atoms with Gasteiger partial charge in [-0.15, -0.1) is 0 Å². The molecule has 1 N–H and O–H groups in total. The average Bonchev–Trinajstić information content (AvgIpc) is 2.50. The molecule has 0 aromatic carbocycles. The van der Waals surface area contributed by atoms with Gasteiger partial charge in [0.1, 0.15) is 5.00 Å². The molecule has 1 aromatic heterocycles. The van der Waals surface area contributed by atoms with Crippen LogP contribution in [0, 0.1) is 6.92 Å². The van der Waals surface area contributed by atoms with Gasteiger partial charge in [-0.05, 0) is 25.4 Å². The van der Waals surface area contributed by atoms with Gasteiger partial charge in [0.2, 0.25) is 0 Å². The molecule has 1 heterocycles. The van der Waals surface area contributed by atoms with Gasteiger partial charge in [0.15, 0.2) is 0 Å². The highest BCUT2D eigenvalue weighted by Gasteiger charge is 2.08. The maximum Gasteiger partial charge on any atom is 0.322 e. The normalized spacial score (nSPS) is 9.77. The van der Waals surface area contributed by atoms with Crippen LogP contribution in [0.2, 0.25) is 0 Å². The van der Waals surface area contributed by atoms with Crippen molar-refractivity contribution in [2.75, 3.05) is 18.9 Å². The van der Waals surface area contributed by atoms with E-state index in [4.69, 9.17) is 0 Å². The van der Waals surface area contributed by atoms with Crippen LogP contribution in [-0.4, -0.2) is 28.9 Å². The quantitative estimate of drug-likeness (QED) is 0.791. The number of anilines is 1. The smallest absolute Gasteiger partial charge is 0.322 e. The summed E-state index contributed by atoms with van der Waals surface area (Å²) in [4.78, 5) is 13.0. The maximum atomic E-state index is 11.4. The number of amides is 2. The molecular weight excluding hydrogens is 186 g/mol. The van der Waals surface area contributed by atoms with Crippen LogP contribution in [0.5, 0.6) is 0 Å². The standard InChI is InChI=1S/C8H13N3OS/c1-4-11(3)8(12)10-7-6(2)5-9-13-7/h5H,4H2,1-3H3,(H,10,12). The van der Waals surface area contributed by atoms with Crippen LogP contribution < -0.4 is 5.32 Å². The molecule has 72 valence electrons. The third kappa shape index (κ3) is 2.42. The first-order valence-corrected chi connectivity index (χ1v) is 4.86. The minimum atomic E-state index is -0.0881. The average molecular weight is 199 g/mol. The molecule has 0 aliphatic carbocycles. The third-order valence-corrected chi connectivity index (χ3v) is 2.61. The Hall–Kier alpha value is -1.10. The Bertz CT molecular complexity index is 297. The molecule has 0 saturated heterocycles. The minimum absolute atomic E-state index is 0.0881. The van der Waals surface area contributed by atoms with Crippen molar-refractivity contribution >= 4 is 22.6 Å². The van der Waals surface area contributed by atoms with Crippen molar-refractivity contribution in [2.24, 2.45) is 0 Å². The number of carbonyl (C=O) groups is 1. The molecule has 0 fully saturated rings. The van der Waals surface area contributed by atoms with Crippen LogP contribution in [0.4, 0.5) is 9.80 Å². The second kappa shape index (κ2) is 4.23. The Labute approximate surface area is 81.7 Å². The van der Waals surface area contributed by atoms with Gasteiger partial charge in [-0.2, -0.15) is 4.37 Å². The van der Waals surface area contributed by atoms with E-state index in [1.54, 1.807) is 18.1 Å². The minimum Gasteiger partial charge on any atom is -0.328 e. The van der Waals surface area contributed by atoms with Crippen molar-refractivity contribution in [1.82, 2.24) is 9.27 Å². The van der Waals surface area contributed by atoms with Crippen molar-refractivity contribution < 1.29 is 4.79 Å². The zero-order valence-electron chi connectivity index (χ0n) is 8.00. The number of rotatable bonds is 2. The van der Waals surface area contributed by atoms with E-state index in [1.807, 2.05) is 13.8 Å². The van der Waals surface area contributed by atoms with E-state index in [1.165, 1.54) is 11.5 Å².